The van der Waals surface area contributed by atoms with E-state index in [1.54, 1.807) is 0 Å². The number of nitrogens with one attached hydrogen (secondary N) is 1. The van der Waals surface area contributed by atoms with Crippen molar-refractivity contribution < 1.29 is 32.9 Å². The SMILES string of the molecule is CC/C=C\C/C=C\C/C=C\C/C=C\C/C=C\C/C=C\C/C=C\C/C=C\C/C=C\CCCCCCCCCCCC(=O)NC(COP(=O)(O)OCC[N+](C)(C)C)C(O)CCCCCCCC. The number of rotatable bonds is 45. The molecule has 0 spiro atoms. The number of quaternary nitrogens is 1. The van der Waals surface area contributed by atoms with Crippen molar-refractivity contribution in [2.45, 2.75) is 199 Å². The Bertz CT molecular complexity index is 1420. The summed E-state index contributed by atoms with van der Waals surface area (Å²) < 4.78 is 23.5. The van der Waals surface area contributed by atoms with Gasteiger partial charge >= 0.3 is 7.82 Å². The Morgan fingerprint density at radius 1 is 0.538 bits per heavy atom. The third kappa shape index (κ3) is 48.9. The first-order chi connectivity index (χ1) is 31.5. The van der Waals surface area contributed by atoms with E-state index in [1.807, 2.05) is 21.1 Å². The number of unbranched alkanes of at least 4 members (excludes halogenated alkanes) is 14. The zero-order valence-corrected chi connectivity index (χ0v) is 43.1. The van der Waals surface area contributed by atoms with E-state index in [0.29, 0.717) is 23.9 Å². The van der Waals surface area contributed by atoms with Crippen molar-refractivity contribution in [3.63, 3.8) is 0 Å². The van der Waals surface area contributed by atoms with Crippen LogP contribution in [0.2, 0.25) is 0 Å². The molecular weight excluding hydrogens is 828 g/mol. The molecule has 0 aliphatic carbocycles. The van der Waals surface area contributed by atoms with Gasteiger partial charge in [-0.1, -0.05) is 207 Å². The van der Waals surface area contributed by atoms with Gasteiger partial charge in [0.25, 0.3) is 0 Å². The quantitative estimate of drug-likeness (QED) is 0.0243. The van der Waals surface area contributed by atoms with Crippen molar-refractivity contribution in [2.75, 3.05) is 40.9 Å². The van der Waals surface area contributed by atoms with Crippen LogP contribution < -0.4 is 5.32 Å². The molecule has 1 amide bonds. The Hall–Kier alpha value is -2.84. The maximum Gasteiger partial charge on any atom is 0.472 e. The molecule has 0 heterocycles. The van der Waals surface area contributed by atoms with Crippen molar-refractivity contribution in [1.82, 2.24) is 5.32 Å². The lowest BCUT2D eigenvalue weighted by molar-refractivity contribution is -0.870. The second-order valence-electron chi connectivity index (χ2n) is 18.2. The number of likely N-dealkylation sites (N-methyl/N-ethyl adjacent to an activating group) is 1. The number of phosphoric acid groups is 1. The molecule has 0 saturated carbocycles. The lowest BCUT2D eigenvalue weighted by atomic mass is 10.0. The average molecular weight is 926 g/mol. The minimum atomic E-state index is -4.31. The smallest absolute Gasteiger partial charge is 0.391 e. The van der Waals surface area contributed by atoms with Crippen LogP contribution in [0.25, 0.3) is 0 Å². The van der Waals surface area contributed by atoms with Crippen LogP contribution in [-0.4, -0.2) is 73.4 Å². The van der Waals surface area contributed by atoms with Gasteiger partial charge in [0.2, 0.25) is 5.91 Å². The highest BCUT2D eigenvalue weighted by molar-refractivity contribution is 7.47. The number of phosphoric ester groups is 1. The molecule has 0 aromatic carbocycles. The van der Waals surface area contributed by atoms with Gasteiger partial charge < -0.3 is 19.8 Å². The van der Waals surface area contributed by atoms with Crippen LogP contribution in [0.3, 0.4) is 0 Å². The van der Waals surface area contributed by atoms with Gasteiger partial charge in [-0.15, -0.1) is 0 Å². The number of allylic oxidation sites excluding steroid dienone is 18. The summed E-state index contributed by atoms with van der Waals surface area (Å²) in [6.07, 6.45) is 67.5. The molecule has 0 aliphatic heterocycles. The highest BCUT2D eigenvalue weighted by Crippen LogP contribution is 2.43. The molecule has 0 rings (SSSR count). The van der Waals surface area contributed by atoms with Gasteiger partial charge in [0.1, 0.15) is 13.2 Å². The summed E-state index contributed by atoms with van der Waals surface area (Å²) in [5.41, 5.74) is 0. The predicted octanol–water partition coefficient (Wildman–Crippen LogP) is 15.3. The zero-order valence-electron chi connectivity index (χ0n) is 42.2. The fraction of sp³-hybridized carbons (Fsp3) is 0.661. The van der Waals surface area contributed by atoms with E-state index >= 15 is 0 Å². The first-order valence-corrected chi connectivity index (χ1v) is 27.2. The normalized spacial score (nSPS) is 15.0. The largest absolute Gasteiger partial charge is 0.472 e. The van der Waals surface area contributed by atoms with Crippen LogP contribution in [0.1, 0.15) is 187 Å². The monoisotopic (exact) mass is 926 g/mol. The minimum Gasteiger partial charge on any atom is -0.391 e. The highest BCUT2D eigenvalue weighted by Gasteiger charge is 2.28. The minimum absolute atomic E-state index is 0.0675. The Morgan fingerprint density at radius 2 is 0.923 bits per heavy atom. The molecule has 3 unspecified atom stereocenters. The van der Waals surface area contributed by atoms with Crippen molar-refractivity contribution in [1.29, 1.82) is 0 Å². The number of amides is 1. The highest BCUT2D eigenvalue weighted by atomic mass is 31.2. The molecule has 0 fully saturated rings. The van der Waals surface area contributed by atoms with Gasteiger partial charge in [-0.2, -0.15) is 0 Å². The fourth-order valence-corrected chi connectivity index (χ4v) is 7.48. The molecule has 8 nitrogen and oxygen atoms in total. The van der Waals surface area contributed by atoms with Gasteiger partial charge in [-0.05, 0) is 83.5 Å². The number of nitrogens with zero attached hydrogens (tertiary/aromatic N) is 1. The summed E-state index contributed by atoms with van der Waals surface area (Å²) in [6, 6.07) is -0.767. The van der Waals surface area contributed by atoms with E-state index in [4.69, 9.17) is 9.05 Å². The molecular formula is C56H98N2O6P+. The lowest BCUT2D eigenvalue weighted by Crippen LogP contribution is -2.46. The molecule has 65 heavy (non-hydrogen) atoms. The number of carbonyl (C=O) groups excluding carboxylic acids is 1. The van der Waals surface area contributed by atoms with Crippen molar-refractivity contribution >= 4 is 13.7 Å². The second-order valence-corrected chi connectivity index (χ2v) is 19.6. The van der Waals surface area contributed by atoms with Crippen molar-refractivity contribution in [3.05, 3.63) is 109 Å². The topological polar surface area (TPSA) is 105 Å². The molecule has 9 heteroatoms. The maximum absolute atomic E-state index is 12.8. The molecule has 0 saturated heterocycles. The summed E-state index contributed by atoms with van der Waals surface area (Å²) in [5.74, 6) is -0.162. The molecule has 3 atom stereocenters. The lowest BCUT2D eigenvalue weighted by Gasteiger charge is -2.26. The second kappa shape index (κ2) is 46.3. The number of carbonyl (C=O) groups is 1. The first-order valence-electron chi connectivity index (χ1n) is 25.8. The standard InChI is InChI=1S/C56H97N2O6P/c1-6-8-10-12-14-15-16-17-18-19-20-21-22-23-24-25-26-27-28-29-30-31-32-33-34-35-36-37-38-39-40-41-42-43-44-46-48-50-56(60)57-54(55(59)49-47-45-13-11-9-7-2)53-64-65(61,62)63-52-51-58(3,4)5/h8,10,14-15,17-18,20-21,23-24,26-27,29-30,32-33,35-36,54-55,59H,6-7,9,11-13,16,19,22,25,28,31,34,37-53H2,1-5H3,(H-,57,60,61,62)/p+1/b10-8-,15-14-,18-17-,21-20-,24-23-,27-26-,30-29-,33-32-,36-35-. The van der Waals surface area contributed by atoms with E-state index in [9.17, 15) is 19.4 Å². The Balaban J connectivity index is 3.98. The van der Waals surface area contributed by atoms with E-state index in [-0.39, 0.29) is 19.1 Å². The van der Waals surface area contributed by atoms with Gasteiger partial charge in [0.15, 0.2) is 0 Å². The number of hydrogen-bond acceptors (Lipinski definition) is 5. The Morgan fingerprint density at radius 3 is 1.35 bits per heavy atom. The Kier molecular flexibility index (Phi) is 44.3. The third-order valence-electron chi connectivity index (χ3n) is 10.8. The fourth-order valence-electron chi connectivity index (χ4n) is 6.74. The number of hydrogen-bond donors (Lipinski definition) is 3. The zero-order chi connectivity index (χ0) is 47.8. The van der Waals surface area contributed by atoms with Crippen LogP contribution in [0.15, 0.2) is 109 Å². The summed E-state index contributed by atoms with van der Waals surface area (Å²) in [5, 5.41) is 13.8. The number of aliphatic hydroxyl groups excluding tert-OH is 1. The average Bonchev–Trinajstić information content (AvgIpc) is 3.26. The Labute approximate surface area is 400 Å². The van der Waals surface area contributed by atoms with Gasteiger partial charge in [0, 0.05) is 6.42 Å². The molecule has 0 radical (unpaired) electrons. The predicted molar refractivity (Wildman–Crippen MR) is 281 cm³/mol. The van der Waals surface area contributed by atoms with Crippen LogP contribution in [0, 0.1) is 0 Å². The first kappa shape index (κ1) is 62.2. The summed E-state index contributed by atoms with van der Waals surface area (Å²) in [4.78, 5) is 23.0. The van der Waals surface area contributed by atoms with Crippen molar-refractivity contribution in [3.8, 4) is 0 Å². The van der Waals surface area contributed by atoms with E-state index < -0.39 is 20.0 Å². The van der Waals surface area contributed by atoms with Crippen LogP contribution in [0.5, 0.6) is 0 Å². The van der Waals surface area contributed by atoms with E-state index in [2.05, 4.69) is 129 Å². The molecule has 372 valence electrons. The van der Waals surface area contributed by atoms with E-state index in [1.165, 1.54) is 57.8 Å². The van der Waals surface area contributed by atoms with Crippen LogP contribution in [-0.2, 0) is 18.4 Å². The summed E-state index contributed by atoms with van der Waals surface area (Å²) >= 11 is 0. The van der Waals surface area contributed by atoms with E-state index in [0.717, 1.165) is 103 Å². The molecule has 0 aliphatic rings. The number of aliphatic hydroxyl groups is 1. The molecule has 0 bridgehead atoms. The van der Waals surface area contributed by atoms with Gasteiger partial charge in [-0.25, -0.2) is 4.57 Å². The third-order valence-corrected chi connectivity index (χ3v) is 11.8. The van der Waals surface area contributed by atoms with Gasteiger partial charge in [0.05, 0.1) is 39.9 Å². The maximum atomic E-state index is 12.8. The summed E-state index contributed by atoms with van der Waals surface area (Å²) in [7, 11) is 1.59. The van der Waals surface area contributed by atoms with Crippen LogP contribution in [0.4, 0.5) is 0 Å². The summed E-state index contributed by atoms with van der Waals surface area (Å²) in [6.45, 7) is 4.68. The molecule has 0 aromatic heterocycles. The molecule has 0 aromatic rings. The van der Waals surface area contributed by atoms with Gasteiger partial charge in [-0.3, -0.25) is 13.8 Å². The molecule has 3 N–H and O–H groups in total. The van der Waals surface area contributed by atoms with Crippen LogP contribution >= 0.6 is 7.82 Å². The van der Waals surface area contributed by atoms with Crippen molar-refractivity contribution in [2.24, 2.45) is 0 Å².